The average molecular weight is 353 g/mol. The van der Waals surface area contributed by atoms with Gasteiger partial charge in [0.05, 0.1) is 15.9 Å². The SMILES string of the molecule is CC(C)(N[SiH3])C(NC1CCCC1)(NC1CCCC1)NC1CCCC1. The third-order valence-electron chi connectivity index (χ3n) is 6.89. The fraction of sp³-hybridized carbons (Fsp3) is 1.00. The molecule has 3 aliphatic carbocycles. The molecular weight excluding hydrogens is 312 g/mol. The van der Waals surface area contributed by atoms with Gasteiger partial charge in [0.1, 0.15) is 5.79 Å². The lowest BCUT2D eigenvalue weighted by Gasteiger charge is -2.52. The van der Waals surface area contributed by atoms with Crippen LogP contribution in [0.4, 0.5) is 0 Å². The molecule has 4 nitrogen and oxygen atoms in total. The molecule has 0 bridgehead atoms. The largest absolute Gasteiger partial charge is 0.337 e. The number of hydrogen-bond donors (Lipinski definition) is 4. The lowest BCUT2D eigenvalue weighted by molar-refractivity contribution is 0.0543. The molecule has 3 saturated carbocycles. The lowest BCUT2D eigenvalue weighted by atomic mass is 9.92. The van der Waals surface area contributed by atoms with Crippen molar-refractivity contribution < 1.29 is 0 Å². The zero-order valence-electron chi connectivity index (χ0n) is 16.2. The van der Waals surface area contributed by atoms with E-state index in [1.165, 1.54) is 77.0 Å². The van der Waals surface area contributed by atoms with Gasteiger partial charge in [-0.2, -0.15) is 0 Å². The van der Waals surface area contributed by atoms with E-state index >= 15 is 0 Å². The number of hydrogen-bond acceptors (Lipinski definition) is 4. The van der Waals surface area contributed by atoms with Gasteiger partial charge in [-0.05, 0) is 52.4 Å². The van der Waals surface area contributed by atoms with Crippen LogP contribution in [0.5, 0.6) is 0 Å². The first-order chi connectivity index (χ1) is 11.5. The first kappa shape index (κ1) is 18.8. The summed E-state index contributed by atoms with van der Waals surface area (Å²) in [4.78, 5) is 3.76. The highest BCUT2D eigenvalue weighted by atomic mass is 28.2. The van der Waals surface area contributed by atoms with E-state index in [9.17, 15) is 0 Å². The standard InChI is InChI=1S/C19H40N4Si/c1-18(2,23-24)19(20-15-9-3-4-10-15,21-16-11-5-6-12-16)22-17-13-7-8-14-17/h15-17,20-23H,3-14H2,1-2,24H3. The Kier molecular flexibility index (Phi) is 6.41. The van der Waals surface area contributed by atoms with Crippen molar-refractivity contribution in [3.05, 3.63) is 0 Å². The predicted octanol–water partition coefficient (Wildman–Crippen LogP) is 1.89. The van der Waals surface area contributed by atoms with E-state index in [2.05, 4.69) is 34.8 Å². The van der Waals surface area contributed by atoms with E-state index in [1.54, 1.807) is 0 Å². The Balaban J connectivity index is 1.83. The summed E-state index contributed by atoms with van der Waals surface area (Å²) in [6.07, 6.45) is 16.3. The smallest absolute Gasteiger partial charge is 0.141 e. The fourth-order valence-corrected chi connectivity index (χ4v) is 5.36. The van der Waals surface area contributed by atoms with Crippen LogP contribution in [0.2, 0.25) is 0 Å². The summed E-state index contributed by atoms with van der Waals surface area (Å²) in [5.41, 5.74) is 0.00694. The minimum atomic E-state index is -0.187. The molecule has 0 amide bonds. The van der Waals surface area contributed by atoms with Crippen molar-refractivity contribution in [3.8, 4) is 0 Å². The third-order valence-corrected chi connectivity index (χ3v) is 8.14. The van der Waals surface area contributed by atoms with Gasteiger partial charge in [-0.25, -0.2) is 0 Å². The lowest BCUT2D eigenvalue weighted by Crippen LogP contribution is -2.83. The van der Waals surface area contributed by atoms with Gasteiger partial charge in [-0.1, -0.05) is 38.5 Å². The Morgan fingerprint density at radius 2 is 0.917 bits per heavy atom. The van der Waals surface area contributed by atoms with E-state index in [4.69, 9.17) is 0 Å². The van der Waals surface area contributed by atoms with Crippen LogP contribution in [0.3, 0.4) is 0 Å². The van der Waals surface area contributed by atoms with E-state index in [0.717, 1.165) is 10.4 Å². The van der Waals surface area contributed by atoms with Crippen LogP contribution in [0, 0.1) is 0 Å². The van der Waals surface area contributed by atoms with Crippen molar-refractivity contribution >= 4 is 10.4 Å². The summed E-state index contributed by atoms with van der Waals surface area (Å²) in [5.74, 6) is -0.187. The molecule has 0 aromatic rings. The summed E-state index contributed by atoms with van der Waals surface area (Å²) < 4.78 is 0. The molecule has 0 unspecified atom stereocenters. The third kappa shape index (κ3) is 4.23. The highest BCUT2D eigenvalue weighted by molar-refractivity contribution is 6.05. The Morgan fingerprint density at radius 1 is 0.625 bits per heavy atom. The molecular formula is C19H40N4Si. The van der Waals surface area contributed by atoms with E-state index in [0.29, 0.717) is 18.1 Å². The van der Waals surface area contributed by atoms with Crippen LogP contribution >= 0.6 is 0 Å². The minimum absolute atomic E-state index is 0.00694. The number of rotatable bonds is 8. The van der Waals surface area contributed by atoms with Crippen molar-refractivity contribution in [2.45, 2.75) is 120 Å². The molecule has 3 aliphatic rings. The molecule has 4 N–H and O–H groups in total. The summed E-state index contributed by atoms with van der Waals surface area (Å²) in [6.45, 7) is 4.76. The first-order valence-electron chi connectivity index (χ1n) is 10.6. The maximum Gasteiger partial charge on any atom is 0.141 e. The summed E-state index contributed by atoms with van der Waals surface area (Å²) in [7, 11) is 1.02. The average Bonchev–Trinajstić information content (AvgIpc) is 3.30. The van der Waals surface area contributed by atoms with Crippen LogP contribution in [0.1, 0.15) is 90.9 Å². The Bertz CT molecular complexity index is 337. The van der Waals surface area contributed by atoms with Gasteiger partial charge in [-0.3, -0.25) is 16.0 Å². The molecule has 24 heavy (non-hydrogen) atoms. The Morgan fingerprint density at radius 3 is 1.17 bits per heavy atom. The molecule has 0 spiro atoms. The van der Waals surface area contributed by atoms with Gasteiger partial charge in [0.15, 0.2) is 0 Å². The quantitative estimate of drug-likeness (QED) is 0.398. The normalized spacial score (nSPS) is 25.2. The second-order valence-corrected chi connectivity index (χ2v) is 9.50. The van der Waals surface area contributed by atoms with Crippen LogP contribution < -0.4 is 20.9 Å². The zero-order valence-corrected chi connectivity index (χ0v) is 18.2. The molecule has 0 radical (unpaired) electrons. The summed E-state index contributed by atoms with van der Waals surface area (Å²) in [6, 6.07) is 1.96. The maximum atomic E-state index is 4.11. The van der Waals surface area contributed by atoms with Crippen LogP contribution in [0.15, 0.2) is 0 Å². The van der Waals surface area contributed by atoms with Gasteiger partial charge in [0, 0.05) is 18.1 Å². The van der Waals surface area contributed by atoms with Crippen LogP contribution in [-0.2, 0) is 0 Å². The molecule has 0 heterocycles. The predicted molar refractivity (Wildman–Crippen MR) is 106 cm³/mol. The monoisotopic (exact) mass is 352 g/mol. The second-order valence-electron chi connectivity index (χ2n) is 9.00. The Labute approximate surface area is 152 Å². The van der Waals surface area contributed by atoms with Crippen molar-refractivity contribution in [2.75, 3.05) is 0 Å². The van der Waals surface area contributed by atoms with Crippen molar-refractivity contribution in [1.82, 2.24) is 20.9 Å². The van der Waals surface area contributed by atoms with E-state index < -0.39 is 0 Å². The van der Waals surface area contributed by atoms with Gasteiger partial charge in [-0.15, -0.1) is 0 Å². The second kappa shape index (κ2) is 8.17. The van der Waals surface area contributed by atoms with Gasteiger partial charge in [0.25, 0.3) is 0 Å². The molecule has 0 aromatic heterocycles. The zero-order chi connectivity index (χ0) is 17.0. The summed E-state index contributed by atoms with van der Waals surface area (Å²) >= 11 is 0. The topological polar surface area (TPSA) is 48.1 Å². The highest BCUT2D eigenvalue weighted by Gasteiger charge is 2.48. The van der Waals surface area contributed by atoms with Crippen LogP contribution in [0.25, 0.3) is 0 Å². The molecule has 5 heteroatoms. The van der Waals surface area contributed by atoms with Gasteiger partial charge >= 0.3 is 0 Å². The maximum absolute atomic E-state index is 4.11. The number of nitrogens with one attached hydrogen (secondary N) is 4. The molecule has 0 atom stereocenters. The van der Waals surface area contributed by atoms with E-state index in [-0.39, 0.29) is 11.3 Å². The molecule has 140 valence electrons. The molecule has 3 rings (SSSR count). The molecule has 0 aliphatic heterocycles. The molecule has 0 aromatic carbocycles. The minimum Gasteiger partial charge on any atom is -0.337 e. The van der Waals surface area contributed by atoms with Gasteiger partial charge < -0.3 is 4.98 Å². The molecule has 3 fully saturated rings. The van der Waals surface area contributed by atoms with Crippen molar-refractivity contribution in [2.24, 2.45) is 0 Å². The molecule has 0 saturated heterocycles. The van der Waals surface area contributed by atoms with Crippen molar-refractivity contribution in [3.63, 3.8) is 0 Å². The van der Waals surface area contributed by atoms with Crippen molar-refractivity contribution in [1.29, 1.82) is 0 Å². The van der Waals surface area contributed by atoms with Gasteiger partial charge in [0.2, 0.25) is 0 Å². The summed E-state index contributed by atoms with van der Waals surface area (Å²) in [5, 5.41) is 12.3. The fourth-order valence-electron chi connectivity index (χ4n) is 4.98. The Hall–Kier alpha value is 0.0569. The van der Waals surface area contributed by atoms with E-state index in [1.807, 2.05) is 0 Å². The highest BCUT2D eigenvalue weighted by Crippen LogP contribution is 2.30. The van der Waals surface area contributed by atoms with Crippen LogP contribution in [-0.4, -0.2) is 39.9 Å². The first-order valence-corrected chi connectivity index (χ1v) is 11.6.